The summed E-state index contributed by atoms with van der Waals surface area (Å²) >= 11 is 0. The molecule has 25 heavy (non-hydrogen) atoms. The van der Waals surface area contributed by atoms with Crippen molar-refractivity contribution < 1.29 is 0 Å². The molecule has 0 unspecified atom stereocenters. The molecular formula is C25H18. The van der Waals surface area contributed by atoms with Crippen LogP contribution in [0.1, 0.15) is 22.3 Å². The second kappa shape index (κ2) is 5.75. The molecule has 0 amide bonds. The number of rotatable bonds is 0. The molecule has 0 bridgehead atoms. The molecule has 0 heteroatoms. The van der Waals surface area contributed by atoms with Crippen molar-refractivity contribution in [3.63, 3.8) is 0 Å². The van der Waals surface area contributed by atoms with Crippen LogP contribution in [0.4, 0.5) is 0 Å². The van der Waals surface area contributed by atoms with Crippen molar-refractivity contribution >= 4 is 41.2 Å². The molecule has 6 rings (SSSR count). The molecule has 0 radical (unpaired) electrons. The van der Waals surface area contributed by atoms with E-state index in [0.29, 0.717) is 0 Å². The lowest BCUT2D eigenvalue weighted by Gasteiger charge is -2.03. The van der Waals surface area contributed by atoms with Gasteiger partial charge in [0.1, 0.15) is 0 Å². The van der Waals surface area contributed by atoms with E-state index in [-0.39, 0.29) is 0 Å². The molecule has 0 nitrogen and oxygen atoms in total. The highest BCUT2D eigenvalue weighted by molar-refractivity contribution is 5.90. The van der Waals surface area contributed by atoms with Gasteiger partial charge in [0.15, 0.2) is 0 Å². The summed E-state index contributed by atoms with van der Waals surface area (Å²) in [6.45, 7) is 0. The van der Waals surface area contributed by atoms with Gasteiger partial charge in [0.05, 0.1) is 0 Å². The highest BCUT2D eigenvalue weighted by atomic mass is 14.1. The quantitative estimate of drug-likeness (QED) is 0.563. The zero-order valence-electron chi connectivity index (χ0n) is 13.9. The van der Waals surface area contributed by atoms with Crippen LogP contribution >= 0.6 is 0 Å². The van der Waals surface area contributed by atoms with Gasteiger partial charge in [-0.05, 0) is 49.9 Å². The normalized spacial score (nSPS) is 14.4. The minimum atomic E-state index is 1.09. The van der Waals surface area contributed by atoms with Gasteiger partial charge in [-0.1, -0.05) is 97.1 Å². The second-order valence-electron chi connectivity index (χ2n) is 6.58. The first-order valence-electron chi connectivity index (χ1n) is 8.77. The van der Waals surface area contributed by atoms with E-state index in [0.717, 1.165) is 6.42 Å². The maximum Gasteiger partial charge on any atom is -0.00820 e. The summed E-state index contributed by atoms with van der Waals surface area (Å²) in [6.07, 6.45) is 18.4. The molecule has 3 aromatic rings. The highest BCUT2D eigenvalue weighted by Gasteiger charge is 2.07. The van der Waals surface area contributed by atoms with Gasteiger partial charge in [0.25, 0.3) is 0 Å². The Morgan fingerprint density at radius 3 is 2.12 bits per heavy atom. The summed E-state index contributed by atoms with van der Waals surface area (Å²) in [5.74, 6) is 0. The van der Waals surface area contributed by atoms with Crippen molar-refractivity contribution in [1.82, 2.24) is 0 Å². The molecule has 0 aromatic heterocycles. The first-order chi connectivity index (χ1) is 12.4. The van der Waals surface area contributed by atoms with E-state index >= 15 is 0 Å². The molecule has 0 spiro atoms. The Hall–Kier alpha value is -3.12. The molecule has 3 aromatic carbocycles. The standard InChI is InChI=1S/C13H10.C12H8/c1-2-6-12-10(4-1)8-9-11-5-3-7-13(11)12;1-3-9-7-8-10-4-2-6-12(10)11(9)5-1/h1-6,8-9H,7H2;1-8H. The minimum Gasteiger partial charge on any atom is -0.0795 e. The average molecular weight is 318 g/mol. The van der Waals surface area contributed by atoms with Crippen LogP contribution in [0.25, 0.3) is 41.2 Å². The largest absolute Gasteiger partial charge is 0.0795 e. The number of fused-ring (bicyclic) bond motifs is 6. The summed E-state index contributed by atoms with van der Waals surface area (Å²) in [5, 5.41) is 5.44. The van der Waals surface area contributed by atoms with Gasteiger partial charge in [-0.15, -0.1) is 0 Å². The lowest BCUT2D eigenvalue weighted by atomic mass is 10.0. The Morgan fingerprint density at radius 1 is 0.640 bits per heavy atom. The summed E-state index contributed by atoms with van der Waals surface area (Å²) in [7, 11) is 0. The number of hydrogen-bond donors (Lipinski definition) is 0. The molecule has 0 N–H and O–H groups in total. The lowest BCUT2D eigenvalue weighted by molar-refractivity contribution is 1.35. The summed E-state index contributed by atoms with van der Waals surface area (Å²) < 4.78 is 0. The molecule has 3 aliphatic rings. The zero-order chi connectivity index (χ0) is 16.6. The second-order valence-corrected chi connectivity index (χ2v) is 6.58. The monoisotopic (exact) mass is 318 g/mol. The van der Waals surface area contributed by atoms with Crippen LogP contribution in [0.3, 0.4) is 0 Å². The average Bonchev–Trinajstić information content (AvgIpc) is 3.40. The van der Waals surface area contributed by atoms with E-state index in [1.165, 1.54) is 43.5 Å². The Morgan fingerprint density at radius 2 is 1.36 bits per heavy atom. The van der Waals surface area contributed by atoms with Crippen LogP contribution in [0.2, 0.25) is 0 Å². The summed E-state index contributed by atoms with van der Waals surface area (Å²) in [4.78, 5) is 0. The Balaban J connectivity index is 0.000000112. The maximum atomic E-state index is 2.23. The van der Waals surface area contributed by atoms with Gasteiger partial charge in [-0.3, -0.25) is 0 Å². The van der Waals surface area contributed by atoms with Crippen molar-refractivity contribution in [1.29, 1.82) is 0 Å². The molecule has 0 saturated carbocycles. The van der Waals surface area contributed by atoms with Crippen LogP contribution in [0.15, 0.2) is 66.8 Å². The fraction of sp³-hybridized carbons (Fsp3) is 0.0400. The lowest BCUT2D eigenvalue weighted by Crippen LogP contribution is -2.13. The number of hydrogen-bond acceptors (Lipinski definition) is 0. The molecule has 3 aliphatic carbocycles. The van der Waals surface area contributed by atoms with Gasteiger partial charge >= 0.3 is 0 Å². The molecule has 0 fully saturated rings. The van der Waals surface area contributed by atoms with Gasteiger partial charge < -0.3 is 0 Å². The SMILES string of the molecule is C1=Cc2c3c(ccc2=C1)=CC=C3.C1=Cc2ccc3ccccc3c2C1. The predicted octanol–water partition coefficient (Wildman–Crippen LogP) is 4.71. The van der Waals surface area contributed by atoms with Gasteiger partial charge in [-0.2, -0.15) is 0 Å². The van der Waals surface area contributed by atoms with Crippen molar-refractivity contribution in [3.8, 4) is 0 Å². The predicted molar refractivity (Wildman–Crippen MR) is 109 cm³/mol. The van der Waals surface area contributed by atoms with Gasteiger partial charge in [0.2, 0.25) is 0 Å². The molecule has 118 valence electrons. The topological polar surface area (TPSA) is 0 Å². The molecule has 0 atom stereocenters. The molecular weight excluding hydrogens is 300 g/mol. The van der Waals surface area contributed by atoms with E-state index in [1.807, 2.05) is 0 Å². The number of allylic oxidation sites excluding steroid dienone is 3. The van der Waals surface area contributed by atoms with E-state index < -0.39 is 0 Å². The van der Waals surface area contributed by atoms with Crippen LogP contribution in [0.5, 0.6) is 0 Å². The van der Waals surface area contributed by atoms with E-state index in [1.54, 1.807) is 0 Å². The first kappa shape index (κ1) is 14.2. The van der Waals surface area contributed by atoms with Crippen LogP contribution in [-0.2, 0) is 6.42 Å². The fourth-order valence-corrected chi connectivity index (χ4v) is 3.87. The van der Waals surface area contributed by atoms with Gasteiger partial charge in [0, 0.05) is 0 Å². The van der Waals surface area contributed by atoms with E-state index in [9.17, 15) is 0 Å². The van der Waals surface area contributed by atoms with E-state index in [2.05, 4.69) is 97.1 Å². The van der Waals surface area contributed by atoms with Crippen LogP contribution in [0, 0.1) is 0 Å². The fourth-order valence-electron chi connectivity index (χ4n) is 3.87. The third-order valence-electron chi connectivity index (χ3n) is 5.13. The van der Waals surface area contributed by atoms with Crippen LogP contribution in [-0.4, -0.2) is 0 Å². The van der Waals surface area contributed by atoms with E-state index in [4.69, 9.17) is 0 Å². The van der Waals surface area contributed by atoms with Crippen molar-refractivity contribution in [2.45, 2.75) is 6.42 Å². The highest BCUT2D eigenvalue weighted by Crippen LogP contribution is 2.27. The maximum absolute atomic E-state index is 2.23. The van der Waals surface area contributed by atoms with Gasteiger partial charge in [-0.25, -0.2) is 0 Å². The summed E-state index contributed by atoms with van der Waals surface area (Å²) in [5.41, 5.74) is 5.62. The first-order valence-corrected chi connectivity index (χ1v) is 8.77. The third-order valence-corrected chi connectivity index (χ3v) is 5.13. The number of benzene rings is 3. The van der Waals surface area contributed by atoms with Crippen LogP contribution < -0.4 is 10.4 Å². The Bertz CT molecular complexity index is 1150. The van der Waals surface area contributed by atoms with Crippen molar-refractivity contribution in [2.75, 3.05) is 0 Å². The smallest absolute Gasteiger partial charge is 0.00820 e. The minimum absolute atomic E-state index is 1.09. The Labute approximate surface area is 147 Å². The third kappa shape index (κ3) is 2.38. The van der Waals surface area contributed by atoms with Crippen molar-refractivity contribution in [3.05, 3.63) is 99.5 Å². The van der Waals surface area contributed by atoms with Crippen molar-refractivity contribution in [2.24, 2.45) is 0 Å². The molecule has 0 saturated heterocycles. The zero-order valence-corrected chi connectivity index (χ0v) is 13.9. The molecule has 0 heterocycles. The Kier molecular flexibility index (Phi) is 3.28. The molecule has 0 aliphatic heterocycles. The summed E-state index contributed by atoms with van der Waals surface area (Å²) in [6, 6.07) is 17.4.